The zero-order chi connectivity index (χ0) is 13.8. The molecule has 2 aromatic carbocycles. The normalized spacial score (nSPS) is 10.3. The average molecular weight is 258 g/mol. The molecule has 0 spiro atoms. The van der Waals surface area contributed by atoms with E-state index < -0.39 is 5.82 Å². The molecule has 0 unspecified atom stereocenters. The summed E-state index contributed by atoms with van der Waals surface area (Å²) in [6, 6.07) is 10.1. The van der Waals surface area contributed by atoms with E-state index in [-0.39, 0.29) is 5.56 Å². The predicted molar refractivity (Wildman–Crippen MR) is 72.0 cm³/mol. The number of carbonyl (C=O) groups is 1. The molecule has 0 radical (unpaired) electrons. The second-order valence-corrected chi connectivity index (χ2v) is 4.56. The van der Waals surface area contributed by atoms with Gasteiger partial charge in [0.05, 0.1) is 0 Å². The summed E-state index contributed by atoms with van der Waals surface area (Å²) in [5.41, 5.74) is 3.60. The van der Waals surface area contributed by atoms with E-state index in [0.29, 0.717) is 18.6 Å². The van der Waals surface area contributed by atoms with E-state index in [9.17, 15) is 9.18 Å². The summed E-state index contributed by atoms with van der Waals surface area (Å²) >= 11 is 0. The Kier molecular flexibility index (Phi) is 3.95. The van der Waals surface area contributed by atoms with Crippen molar-refractivity contribution in [3.63, 3.8) is 0 Å². The van der Waals surface area contributed by atoms with Crippen LogP contribution in [0.15, 0.2) is 36.4 Å². The number of carbonyl (C=O) groups excluding carboxylic acids is 1. The highest BCUT2D eigenvalue weighted by atomic mass is 19.1. The molecule has 0 saturated carbocycles. The van der Waals surface area contributed by atoms with Crippen LogP contribution >= 0.6 is 0 Å². The van der Waals surface area contributed by atoms with Crippen LogP contribution in [0, 0.1) is 19.7 Å². The van der Waals surface area contributed by atoms with Gasteiger partial charge < -0.3 is 4.74 Å². The van der Waals surface area contributed by atoms with Gasteiger partial charge in [0.15, 0.2) is 0 Å². The van der Waals surface area contributed by atoms with Crippen LogP contribution < -0.4 is 4.74 Å². The van der Waals surface area contributed by atoms with Crippen molar-refractivity contribution >= 4 is 6.29 Å². The zero-order valence-corrected chi connectivity index (χ0v) is 10.9. The first-order chi connectivity index (χ1) is 9.08. The van der Waals surface area contributed by atoms with Gasteiger partial charge in [-0.25, -0.2) is 4.39 Å². The number of halogens is 1. The van der Waals surface area contributed by atoms with Gasteiger partial charge in [0, 0.05) is 11.6 Å². The van der Waals surface area contributed by atoms with Crippen molar-refractivity contribution in [1.82, 2.24) is 0 Å². The van der Waals surface area contributed by atoms with Crippen molar-refractivity contribution in [3.8, 4) is 5.75 Å². The molecule has 0 aliphatic carbocycles. The maximum Gasteiger partial charge on any atom is 0.150 e. The van der Waals surface area contributed by atoms with Crippen molar-refractivity contribution < 1.29 is 13.9 Å². The van der Waals surface area contributed by atoms with Gasteiger partial charge in [-0.2, -0.15) is 0 Å². The van der Waals surface area contributed by atoms with Gasteiger partial charge in [-0.05, 0) is 37.1 Å². The van der Waals surface area contributed by atoms with Gasteiger partial charge in [0.1, 0.15) is 24.5 Å². The van der Waals surface area contributed by atoms with Gasteiger partial charge in [-0.1, -0.05) is 23.8 Å². The number of hydrogen-bond acceptors (Lipinski definition) is 2. The molecular formula is C16H15FO2. The second-order valence-electron chi connectivity index (χ2n) is 4.56. The van der Waals surface area contributed by atoms with Crippen molar-refractivity contribution in [2.45, 2.75) is 20.5 Å². The molecule has 0 atom stereocenters. The minimum absolute atomic E-state index is 0.274. The Bertz CT molecular complexity index is 606. The lowest BCUT2D eigenvalue weighted by atomic mass is 10.1. The highest BCUT2D eigenvalue weighted by molar-refractivity contribution is 5.75. The summed E-state index contributed by atoms with van der Waals surface area (Å²) in [4.78, 5) is 10.7. The van der Waals surface area contributed by atoms with E-state index in [0.717, 1.165) is 16.7 Å². The highest BCUT2D eigenvalue weighted by Crippen LogP contribution is 2.18. The van der Waals surface area contributed by atoms with Crippen molar-refractivity contribution in [1.29, 1.82) is 0 Å². The SMILES string of the molecule is Cc1ccc(C)c(COc2cc(F)cc(C=O)c2)c1. The van der Waals surface area contributed by atoms with Crippen molar-refractivity contribution in [3.05, 3.63) is 64.5 Å². The van der Waals surface area contributed by atoms with E-state index >= 15 is 0 Å². The molecule has 0 aliphatic rings. The number of rotatable bonds is 4. The van der Waals surface area contributed by atoms with Crippen molar-refractivity contribution in [2.75, 3.05) is 0 Å². The van der Waals surface area contributed by atoms with E-state index in [1.165, 1.54) is 18.2 Å². The molecule has 0 saturated heterocycles. The van der Waals surface area contributed by atoms with Crippen LogP contribution in [0.1, 0.15) is 27.0 Å². The Labute approximate surface area is 111 Å². The number of benzene rings is 2. The molecule has 0 bridgehead atoms. The number of aryl methyl sites for hydroxylation is 2. The fourth-order valence-corrected chi connectivity index (χ4v) is 1.85. The molecule has 2 rings (SSSR count). The van der Waals surface area contributed by atoms with Gasteiger partial charge in [0.2, 0.25) is 0 Å². The molecule has 2 nitrogen and oxygen atoms in total. The van der Waals surface area contributed by atoms with Crippen LogP contribution in [0.25, 0.3) is 0 Å². The fraction of sp³-hybridized carbons (Fsp3) is 0.188. The lowest BCUT2D eigenvalue weighted by Crippen LogP contribution is -1.99. The van der Waals surface area contributed by atoms with Crippen LogP contribution in [0.3, 0.4) is 0 Å². The van der Waals surface area contributed by atoms with Crippen LogP contribution in [0.5, 0.6) is 5.75 Å². The van der Waals surface area contributed by atoms with Gasteiger partial charge >= 0.3 is 0 Å². The van der Waals surface area contributed by atoms with E-state index in [1.807, 2.05) is 32.0 Å². The topological polar surface area (TPSA) is 26.3 Å². The molecule has 0 aliphatic heterocycles. The number of ether oxygens (including phenoxy) is 1. The molecule has 0 heterocycles. The summed E-state index contributed by atoms with van der Waals surface area (Å²) in [5, 5.41) is 0. The van der Waals surface area contributed by atoms with Gasteiger partial charge in [-0.15, -0.1) is 0 Å². The Morgan fingerprint density at radius 3 is 2.68 bits per heavy atom. The molecule has 0 N–H and O–H groups in total. The summed E-state index contributed by atoms with van der Waals surface area (Å²) < 4.78 is 18.8. The van der Waals surface area contributed by atoms with Crippen LogP contribution in [-0.2, 0) is 6.61 Å². The maximum atomic E-state index is 13.2. The Balaban J connectivity index is 2.16. The lowest BCUT2D eigenvalue weighted by Gasteiger charge is -2.10. The number of aldehydes is 1. The smallest absolute Gasteiger partial charge is 0.150 e. The third-order valence-corrected chi connectivity index (χ3v) is 2.93. The first-order valence-corrected chi connectivity index (χ1v) is 6.03. The molecule has 3 heteroatoms. The molecular weight excluding hydrogens is 243 g/mol. The second kappa shape index (κ2) is 5.65. The standard InChI is InChI=1S/C16H15FO2/c1-11-3-4-12(2)14(5-11)10-19-16-7-13(9-18)6-15(17)8-16/h3-9H,10H2,1-2H3. The molecule has 2 aromatic rings. The van der Waals surface area contributed by atoms with Crippen LogP contribution in [0.2, 0.25) is 0 Å². The Morgan fingerprint density at radius 2 is 1.95 bits per heavy atom. The Morgan fingerprint density at radius 1 is 1.16 bits per heavy atom. The third-order valence-electron chi connectivity index (χ3n) is 2.93. The summed E-state index contributed by atoms with van der Waals surface area (Å²) in [5.74, 6) is -0.108. The minimum Gasteiger partial charge on any atom is -0.489 e. The minimum atomic E-state index is -0.472. The molecule has 0 amide bonds. The fourth-order valence-electron chi connectivity index (χ4n) is 1.85. The first-order valence-electron chi connectivity index (χ1n) is 6.03. The van der Waals surface area contributed by atoms with Crippen LogP contribution in [0.4, 0.5) is 4.39 Å². The zero-order valence-electron chi connectivity index (χ0n) is 10.9. The lowest BCUT2D eigenvalue weighted by molar-refractivity contribution is 0.112. The molecule has 0 fully saturated rings. The maximum absolute atomic E-state index is 13.2. The monoisotopic (exact) mass is 258 g/mol. The summed E-state index contributed by atoms with van der Waals surface area (Å²) in [6.07, 6.45) is 0.605. The molecule has 0 aromatic heterocycles. The van der Waals surface area contributed by atoms with Gasteiger partial charge in [0.25, 0.3) is 0 Å². The van der Waals surface area contributed by atoms with Gasteiger partial charge in [-0.3, -0.25) is 4.79 Å². The highest BCUT2D eigenvalue weighted by Gasteiger charge is 2.04. The summed E-state index contributed by atoms with van der Waals surface area (Å²) in [6.45, 7) is 4.37. The molecule has 19 heavy (non-hydrogen) atoms. The summed E-state index contributed by atoms with van der Waals surface area (Å²) in [7, 11) is 0. The molecule has 98 valence electrons. The predicted octanol–water partition coefficient (Wildman–Crippen LogP) is 3.83. The largest absolute Gasteiger partial charge is 0.489 e. The average Bonchev–Trinajstić information content (AvgIpc) is 2.39. The van der Waals surface area contributed by atoms with E-state index in [4.69, 9.17) is 4.74 Å². The van der Waals surface area contributed by atoms with E-state index in [2.05, 4.69) is 0 Å². The van der Waals surface area contributed by atoms with Crippen molar-refractivity contribution in [2.24, 2.45) is 0 Å². The Hall–Kier alpha value is -2.16. The quantitative estimate of drug-likeness (QED) is 0.779. The van der Waals surface area contributed by atoms with Crippen LogP contribution in [-0.4, -0.2) is 6.29 Å². The van der Waals surface area contributed by atoms with E-state index in [1.54, 1.807) is 0 Å². The number of hydrogen-bond donors (Lipinski definition) is 0. The third kappa shape index (κ3) is 3.41. The first kappa shape index (κ1) is 13.3.